The first kappa shape index (κ1) is 11.6. The summed E-state index contributed by atoms with van der Waals surface area (Å²) in [5, 5.41) is 2.43. The first-order valence-corrected chi connectivity index (χ1v) is 5.09. The minimum atomic E-state index is -0.608. The van der Waals surface area contributed by atoms with E-state index in [1.807, 2.05) is 0 Å². The molecule has 92 valence electrons. The number of ether oxygens (including phenoxy) is 2. The van der Waals surface area contributed by atoms with Crippen LogP contribution in [0, 0.1) is 18.6 Å². The smallest absolute Gasteiger partial charge is 0.407 e. The molecule has 0 aliphatic carbocycles. The summed E-state index contributed by atoms with van der Waals surface area (Å²) in [4.78, 5) is 10.7. The predicted octanol–water partition coefficient (Wildman–Crippen LogP) is 1.76. The van der Waals surface area contributed by atoms with Crippen molar-refractivity contribution in [3.8, 4) is 5.75 Å². The van der Waals surface area contributed by atoms with E-state index in [-0.39, 0.29) is 17.9 Å². The minimum absolute atomic E-state index is 0.0153. The van der Waals surface area contributed by atoms with Crippen LogP contribution in [-0.4, -0.2) is 25.3 Å². The summed E-state index contributed by atoms with van der Waals surface area (Å²) in [5.41, 5.74) is 0.168. The molecule has 1 saturated heterocycles. The number of hydrogen-bond donors (Lipinski definition) is 1. The van der Waals surface area contributed by atoms with Crippen LogP contribution in [0.4, 0.5) is 13.6 Å². The lowest BCUT2D eigenvalue weighted by atomic mass is 10.2. The first-order valence-electron chi connectivity index (χ1n) is 5.09. The number of nitrogens with one attached hydrogen (secondary N) is 1. The van der Waals surface area contributed by atoms with Crippen LogP contribution in [-0.2, 0) is 4.74 Å². The standard InChI is InChI=1S/C11H11F2NO3/c1-6-2-7(12)3-9(10(6)13)16-5-8-4-14-11(15)17-8/h2-3,8H,4-5H2,1H3,(H,14,15). The molecular weight excluding hydrogens is 232 g/mol. The van der Waals surface area contributed by atoms with Crippen molar-refractivity contribution in [2.75, 3.05) is 13.2 Å². The van der Waals surface area contributed by atoms with Crippen LogP contribution in [0.5, 0.6) is 5.75 Å². The summed E-state index contributed by atoms with van der Waals surface area (Å²) in [6.45, 7) is 1.73. The summed E-state index contributed by atoms with van der Waals surface area (Å²) in [7, 11) is 0. The second-order valence-electron chi connectivity index (χ2n) is 3.75. The lowest BCUT2D eigenvalue weighted by Gasteiger charge is -2.11. The number of benzene rings is 1. The Morgan fingerprint density at radius 3 is 2.94 bits per heavy atom. The Morgan fingerprint density at radius 1 is 1.53 bits per heavy atom. The summed E-state index contributed by atoms with van der Waals surface area (Å²) < 4.78 is 36.4. The van der Waals surface area contributed by atoms with Crippen molar-refractivity contribution in [2.24, 2.45) is 0 Å². The maximum Gasteiger partial charge on any atom is 0.407 e. The van der Waals surface area contributed by atoms with Crippen LogP contribution in [0.3, 0.4) is 0 Å². The van der Waals surface area contributed by atoms with Crippen molar-refractivity contribution in [1.82, 2.24) is 5.32 Å². The third kappa shape index (κ3) is 2.64. The zero-order valence-corrected chi connectivity index (χ0v) is 9.13. The second kappa shape index (κ2) is 4.57. The van der Waals surface area contributed by atoms with Gasteiger partial charge in [-0.25, -0.2) is 13.6 Å². The fourth-order valence-corrected chi connectivity index (χ4v) is 1.51. The number of carbonyl (C=O) groups excluding carboxylic acids is 1. The van der Waals surface area contributed by atoms with Gasteiger partial charge in [-0.15, -0.1) is 0 Å². The molecule has 0 saturated carbocycles. The van der Waals surface area contributed by atoms with E-state index in [4.69, 9.17) is 9.47 Å². The van der Waals surface area contributed by atoms with Crippen molar-refractivity contribution < 1.29 is 23.0 Å². The summed E-state index contributed by atoms with van der Waals surface area (Å²) in [5.74, 6) is -1.35. The lowest BCUT2D eigenvalue weighted by Crippen LogP contribution is -2.22. The van der Waals surface area contributed by atoms with Crippen LogP contribution in [0.1, 0.15) is 5.56 Å². The van der Waals surface area contributed by atoms with Gasteiger partial charge in [0.2, 0.25) is 0 Å². The second-order valence-corrected chi connectivity index (χ2v) is 3.75. The molecule has 1 aliphatic rings. The lowest BCUT2D eigenvalue weighted by molar-refractivity contribution is 0.103. The number of hydrogen-bond acceptors (Lipinski definition) is 3. The maximum atomic E-state index is 13.5. The highest BCUT2D eigenvalue weighted by Crippen LogP contribution is 2.22. The quantitative estimate of drug-likeness (QED) is 0.879. The molecule has 1 fully saturated rings. The SMILES string of the molecule is Cc1cc(F)cc(OCC2CNC(=O)O2)c1F. The van der Waals surface area contributed by atoms with Crippen LogP contribution in [0.2, 0.25) is 0 Å². The molecular formula is C11H11F2NO3. The van der Waals surface area contributed by atoms with Gasteiger partial charge >= 0.3 is 6.09 Å². The first-order chi connectivity index (χ1) is 8.06. The Morgan fingerprint density at radius 2 is 2.29 bits per heavy atom. The van der Waals surface area contributed by atoms with E-state index < -0.39 is 23.8 Å². The number of cyclic esters (lactones) is 1. The normalized spacial score (nSPS) is 18.8. The molecule has 0 bridgehead atoms. The third-order valence-electron chi connectivity index (χ3n) is 2.36. The van der Waals surface area contributed by atoms with Crippen LogP contribution < -0.4 is 10.1 Å². The maximum absolute atomic E-state index is 13.5. The highest BCUT2D eigenvalue weighted by Gasteiger charge is 2.23. The number of halogens is 2. The molecule has 6 heteroatoms. The van der Waals surface area contributed by atoms with Crippen molar-refractivity contribution >= 4 is 6.09 Å². The molecule has 1 aliphatic heterocycles. The van der Waals surface area contributed by atoms with Gasteiger partial charge in [-0.1, -0.05) is 0 Å². The largest absolute Gasteiger partial charge is 0.486 e. The average molecular weight is 243 g/mol. The van der Waals surface area contributed by atoms with Gasteiger partial charge in [0.1, 0.15) is 12.4 Å². The average Bonchev–Trinajstić information content (AvgIpc) is 2.67. The van der Waals surface area contributed by atoms with Gasteiger partial charge in [-0.2, -0.15) is 0 Å². The minimum Gasteiger partial charge on any atom is -0.486 e. The van der Waals surface area contributed by atoms with Gasteiger partial charge in [0.15, 0.2) is 17.7 Å². The van der Waals surface area contributed by atoms with E-state index in [1.165, 1.54) is 6.92 Å². The molecule has 4 nitrogen and oxygen atoms in total. The van der Waals surface area contributed by atoms with Gasteiger partial charge in [0.25, 0.3) is 0 Å². The topological polar surface area (TPSA) is 47.6 Å². The fourth-order valence-electron chi connectivity index (χ4n) is 1.51. The van der Waals surface area contributed by atoms with Gasteiger partial charge in [-0.3, -0.25) is 0 Å². The third-order valence-corrected chi connectivity index (χ3v) is 2.36. The zero-order chi connectivity index (χ0) is 12.4. The molecule has 1 aromatic carbocycles. The van der Waals surface area contributed by atoms with Gasteiger partial charge in [0.05, 0.1) is 6.54 Å². The predicted molar refractivity (Wildman–Crippen MR) is 54.9 cm³/mol. The molecule has 1 N–H and O–H groups in total. The molecule has 0 radical (unpaired) electrons. The van der Waals surface area contributed by atoms with Crippen LogP contribution in [0.25, 0.3) is 0 Å². The summed E-state index contributed by atoms with van der Waals surface area (Å²) in [6, 6.07) is 2.05. The molecule has 0 spiro atoms. The van der Waals surface area contributed by atoms with Crippen molar-refractivity contribution in [1.29, 1.82) is 0 Å². The molecule has 2 rings (SSSR count). The van der Waals surface area contributed by atoms with E-state index >= 15 is 0 Å². The van der Waals surface area contributed by atoms with Gasteiger partial charge in [0, 0.05) is 6.07 Å². The Bertz CT molecular complexity index is 451. The van der Waals surface area contributed by atoms with Crippen molar-refractivity contribution in [3.05, 3.63) is 29.3 Å². The van der Waals surface area contributed by atoms with Crippen molar-refractivity contribution in [2.45, 2.75) is 13.0 Å². The van der Waals surface area contributed by atoms with E-state index in [2.05, 4.69) is 5.32 Å². The number of rotatable bonds is 3. The zero-order valence-electron chi connectivity index (χ0n) is 9.13. The number of aryl methyl sites for hydroxylation is 1. The highest BCUT2D eigenvalue weighted by atomic mass is 19.1. The molecule has 1 amide bonds. The van der Waals surface area contributed by atoms with Gasteiger partial charge in [-0.05, 0) is 18.6 Å². The fraction of sp³-hybridized carbons (Fsp3) is 0.364. The molecule has 1 atom stereocenters. The van der Waals surface area contributed by atoms with E-state index in [0.717, 1.165) is 12.1 Å². The van der Waals surface area contributed by atoms with E-state index in [1.54, 1.807) is 0 Å². The van der Waals surface area contributed by atoms with Crippen molar-refractivity contribution in [3.63, 3.8) is 0 Å². The number of carbonyl (C=O) groups is 1. The van der Waals surface area contributed by atoms with E-state index in [9.17, 15) is 13.6 Å². The molecule has 17 heavy (non-hydrogen) atoms. The van der Waals surface area contributed by atoms with E-state index in [0.29, 0.717) is 6.54 Å². The molecule has 1 unspecified atom stereocenters. The number of alkyl carbamates (subject to hydrolysis) is 1. The molecule has 0 aromatic heterocycles. The van der Waals surface area contributed by atoms with Gasteiger partial charge < -0.3 is 14.8 Å². The Kier molecular flexibility index (Phi) is 3.12. The van der Waals surface area contributed by atoms with Crippen LogP contribution >= 0.6 is 0 Å². The Balaban J connectivity index is 2.01. The summed E-state index contributed by atoms with van der Waals surface area (Å²) in [6.07, 6.45) is -1.01. The Hall–Kier alpha value is -1.85. The monoisotopic (exact) mass is 243 g/mol. The van der Waals surface area contributed by atoms with Crippen LogP contribution in [0.15, 0.2) is 12.1 Å². The molecule has 1 heterocycles. The molecule has 1 aromatic rings. The number of amides is 1. The highest BCUT2D eigenvalue weighted by molar-refractivity contribution is 5.69. The summed E-state index contributed by atoms with van der Waals surface area (Å²) >= 11 is 0. The Labute approximate surface area is 96.5 Å².